The van der Waals surface area contributed by atoms with Gasteiger partial charge in [0.25, 0.3) is 0 Å². The van der Waals surface area contributed by atoms with Crippen LogP contribution in [0.4, 0.5) is 5.69 Å². The molecule has 1 unspecified atom stereocenters. The molecule has 2 rings (SSSR count). The normalized spacial score (nSPS) is 19.2. The summed E-state index contributed by atoms with van der Waals surface area (Å²) in [5.74, 6) is 0.688. The summed E-state index contributed by atoms with van der Waals surface area (Å²) < 4.78 is 5.54. The van der Waals surface area contributed by atoms with Crippen molar-refractivity contribution in [2.24, 2.45) is 0 Å². The van der Waals surface area contributed by atoms with Gasteiger partial charge in [-0.2, -0.15) is 0 Å². The second-order valence-corrected chi connectivity index (χ2v) is 5.44. The molecule has 1 aliphatic rings. The number of piperidine rings is 1. The Kier molecular flexibility index (Phi) is 5.87. The molecule has 1 heterocycles. The second kappa shape index (κ2) is 7.88. The van der Waals surface area contributed by atoms with Crippen molar-refractivity contribution in [2.45, 2.75) is 32.2 Å². The predicted molar refractivity (Wildman–Crippen MR) is 84.2 cm³/mol. The van der Waals surface area contributed by atoms with Gasteiger partial charge in [0.2, 0.25) is 5.91 Å². The molecule has 1 saturated heterocycles. The van der Waals surface area contributed by atoms with E-state index >= 15 is 0 Å². The van der Waals surface area contributed by atoms with Crippen LogP contribution >= 0.6 is 0 Å². The summed E-state index contributed by atoms with van der Waals surface area (Å²) in [4.78, 5) is 14.3. The van der Waals surface area contributed by atoms with Crippen LogP contribution in [0, 0.1) is 0 Å². The summed E-state index contributed by atoms with van der Waals surface area (Å²) >= 11 is 0. The fraction of sp³-hybridized carbons (Fsp3) is 0.562. The largest absolute Gasteiger partial charge is 0.491 e. The number of carbonyl (C=O) groups excluding carboxylic acids is 1. The molecule has 0 saturated carbocycles. The Morgan fingerprint density at radius 3 is 3.05 bits per heavy atom. The molecule has 0 spiro atoms. The van der Waals surface area contributed by atoms with Gasteiger partial charge in [-0.1, -0.05) is 19.1 Å². The Hall–Kier alpha value is -1.75. The SMILES string of the molecule is CCN1CCCC(NC(=O)CCOc2ccccc2N)C1. The van der Waals surface area contributed by atoms with Crippen LogP contribution in [-0.4, -0.2) is 43.1 Å². The molecule has 0 radical (unpaired) electrons. The number of nitrogens with zero attached hydrogens (tertiary/aromatic N) is 1. The maximum atomic E-state index is 11.9. The Morgan fingerprint density at radius 1 is 1.48 bits per heavy atom. The first kappa shape index (κ1) is 15.6. The van der Waals surface area contributed by atoms with E-state index in [4.69, 9.17) is 10.5 Å². The van der Waals surface area contributed by atoms with Crippen LogP contribution in [-0.2, 0) is 4.79 Å². The minimum absolute atomic E-state index is 0.0486. The number of likely N-dealkylation sites (N-methyl/N-ethyl adjacent to an activating group) is 1. The van der Waals surface area contributed by atoms with E-state index < -0.39 is 0 Å². The summed E-state index contributed by atoms with van der Waals surface area (Å²) in [6, 6.07) is 7.60. The molecule has 3 N–H and O–H groups in total. The van der Waals surface area contributed by atoms with Crippen LogP contribution in [0.1, 0.15) is 26.2 Å². The number of benzene rings is 1. The number of hydrogen-bond donors (Lipinski definition) is 2. The van der Waals surface area contributed by atoms with Crippen molar-refractivity contribution in [3.05, 3.63) is 24.3 Å². The second-order valence-electron chi connectivity index (χ2n) is 5.44. The number of likely N-dealkylation sites (tertiary alicyclic amines) is 1. The van der Waals surface area contributed by atoms with Gasteiger partial charge in [-0.3, -0.25) is 4.79 Å². The van der Waals surface area contributed by atoms with Gasteiger partial charge in [0, 0.05) is 12.6 Å². The van der Waals surface area contributed by atoms with Crippen molar-refractivity contribution in [1.82, 2.24) is 10.2 Å². The lowest BCUT2D eigenvalue weighted by atomic mass is 10.1. The number of carbonyl (C=O) groups is 1. The fourth-order valence-electron chi connectivity index (χ4n) is 2.63. The maximum Gasteiger partial charge on any atom is 0.223 e. The number of rotatable bonds is 6. The van der Waals surface area contributed by atoms with Gasteiger partial charge in [-0.05, 0) is 38.1 Å². The summed E-state index contributed by atoms with van der Waals surface area (Å²) in [7, 11) is 0. The van der Waals surface area contributed by atoms with E-state index in [0.717, 1.165) is 32.5 Å². The van der Waals surface area contributed by atoms with Crippen molar-refractivity contribution in [3.8, 4) is 5.75 Å². The van der Waals surface area contributed by atoms with Crippen LogP contribution in [0.3, 0.4) is 0 Å². The summed E-state index contributed by atoms with van der Waals surface area (Å²) in [6.45, 7) is 5.64. The van der Waals surface area contributed by atoms with Gasteiger partial charge in [0.15, 0.2) is 0 Å². The molecule has 1 aromatic rings. The quantitative estimate of drug-likeness (QED) is 0.782. The molecule has 0 aromatic heterocycles. The van der Waals surface area contributed by atoms with Gasteiger partial charge in [0.05, 0.1) is 18.7 Å². The van der Waals surface area contributed by atoms with Crippen molar-refractivity contribution >= 4 is 11.6 Å². The molecule has 21 heavy (non-hydrogen) atoms. The van der Waals surface area contributed by atoms with E-state index in [1.165, 1.54) is 0 Å². The van der Waals surface area contributed by atoms with E-state index in [1.807, 2.05) is 18.2 Å². The van der Waals surface area contributed by atoms with Crippen molar-refractivity contribution in [2.75, 3.05) is 32.0 Å². The molecule has 1 aromatic carbocycles. The number of hydrogen-bond acceptors (Lipinski definition) is 4. The smallest absolute Gasteiger partial charge is 0.223 e. The number of nitrogens with two attached hydrogens (primary N) is 1. The van der Waals surface area contributed by atoms with E-state index in [1.54, 1.807) is 6.07 Å². The molecule has 0 aliphatic carbocycles. The first-order chi connectivity index (χ1) is 10.2. The number of ether oxygens (including phenoxy) is 1. The molecule has 1 fully saturated rings. The standard InChI is InChI=1S/C16H25N3O2/c1-2-19-10-5-6-13(12-19)18-16(20)9-11-21-15-8-4-3-7-14(15)17/h3-4,7-8,13H,2,5-6,9-12,17H2,1H3,(H,18,20). The van der Waals surface area contributed by atoms with Gasteiger partial charge in [-0.25, -0.2) is 0 Å². The summed E-state index contributed by atoms with van der Waals surface area (Å²) in [5, 5.41) is 3.09. The Morgan fingerprint density at radius 2 is 2.29 bits per heavy atom. The third-order valence-electron chi connectivity index (χ3n) is 3.82. The Labute approximate surface area is 126 Å². The first-order valence-electron chi connectivity index (χ1n) is 7.68. The molecular formula is C16H25N3O2. The number of anilines is 1. The molecule has 116 valence electrons. The van der Waals surface area contributed by atoms with E-state index in [9.17, 15) is 4.79 Å². The fourth-order valence-corrected chi connectivity index (χ4v) is 2.63. The van der Waals surface area contributed by atoms with E-state index in [0.29, 0.717) is 24.5 Å². The minimum atomic E-state index is 0.0486. The van der Waals surface area contributed by atoms with E-state index in [2.05, 4.69) is 17.1 Å². The average Bonchev–Trinajstić information content (AvgIpc) is 2.49. The third kappa shape index (κ3) is 4.93. The van der Waals surface area contributed by atoms with Crippen LogP contribution in [0.2, 0.25) is 0 Å². The highest BCUT2D eigenvalue weighted by atomic mass is 16.5. The lowest BCUT2D eigenvalue weighted by Crippen LogP contribution is -2.47. The van der Waals surface area contributed by atoms with Crippen LogP contribution < -0.4 is 15.8 Å². The molecule has 1 atom stereocenters. The van der Waals surface area contributed by atoms with Crippen molar-refractivity contribution in [3.63, 3.8) is 0 Å². The number of amides is 1. The van der Waals surface area contributed by atoms with Crippen LogP contribution in [0.15, 0.2) is 24.3 Å². The van der Waals surface area contributed by atoms with E-state index in [-0.39, 0.29) is 11.9 Å². The minimum Gasteiger partial charge on any atom is -0.491 e. The lowest BCUT2D eigenvalue weighted by molar-refractivity contribution is -0.122. The molecule has 1 aliphatic heterocycles. The zero-order valence-electron chi connectivity index (χ0n) is 12.7. The number of nitrogens with one attached hydrogen (secondary N) is 1. The highest BCUT2D eigenvalue weighted by molar-refractivity contribution is 5.76. The van der Waals surface area contributed by atoms with Gasteiger partial charge < -0.3 is 20.7 Å². The maximum absolute atomic E-state index is 11.9. The topological polar surface area (TPSA) is 67.6 Å². The highest BCUT2D eigenvalue weighted by Crippen LogP contribution is 2.19. The average molecular weight is 291 g/mol. The first-order valence-corrected chi connectivity index (χ1v) is 7.68. The molecular weight excluding hydrogens is 266 g/mol. The zero-order valence-corrected chi connectivity index (χ0v) is 12.7. The van der Waals surface area contributed by atoms with Crippen LogP contribution in [0.5, 0.6) is 5.75 Å². The summed E-state index contributed by atoms with van der Waals surface area (Å²) in [5.41, 5.74) is 6.39. The number of para-hydroxylation sites is 2. The molecule has 5 heteroatoms. The number of nitrogen functional groups attached to an aromatic ring is 1. The highest BCUT2D eigenvalue weighted by Gasteiger charge is 2.20. The predicted octanol–water partition coefficient (Wildman–Crippen LogP) is 1.64. The van der Waals surface area contributed by atoms with Gasteiger partial charge >= 0.3 is 0 Å². The van der Waals surface area contributed by atoms with Gasteiger partial charge in [0.1, 0.15) is 5.75 Å². The third-order valence-corrected chi connectivity index (χ3v) is 3.82. The van der Waals surface area contributed by atoms with Crippen LogP contribution in [0.25, 0.3) is 0 Å². The Balaban J connectivity index is 1.69. The summed E-state index contributed by atoms with van der Waals surface area (Å²) in [6.07, 6.45) is 2.57. The lowest BCUT2D eigenvalue weighted by Gasteiger charge is -2.32. The Bertz CT molecular complexity index is 465. The monoisotopic (exact) mass is 291 g/mol. The van der Waals surface area contributed by atoms with Crippen molar-refractivity contribution in [1.29, 1.82) is 0 Å². The van der Waals surface area contributed by atoms with Gasteiger partial charge in [-0.15, -0.1) is 0 Å². The zero-order chi connectivity index (χ0) is 15.1. The molecule has 1 amide bonds. The molecule has 5 nitrogen and oxygen atoms in total. The molecule has 0 bridgehead atoms. The van der Waals surface area contributed by atoms with Crippen molar-refractivity contribution < 1.29 is 9.53 Å².